The Morgan fingerprint density at radius 3 is 2.15 bits per heavy atom. The van der Waals surface area contributed by atoms with Gasteiger partial charge in [0.1, 0.15) is 7.85 Å². The van der Waals surface area contributed by atoms with E-state index < -0.39 is 0 Å². The molecule has 1 aromatic rings. The van der Waals surface area contributed by atoms with Gasteiger partial charge in [-0.05, 0) is 12.1 Å². The highest BCUT2D eigenvalue weighted by Gasteiger charge is 2.15. The lowest BCUT2D eigenvalue weighted by Gasteiger charge is -2.09. The molecule has 3 heteroatoms. The first kappa shape index (κ1) is 8.48. The zero-order valence-corrected chi connectivity index (χ0v) is 7.82. The fourth-order valence-corrected chi connectivity index (χ4v) is 1.39. The Balaban J connectivity index is 2.17. The van der Waals surface area contributed by atoms with Gasteiger partial charge >= 0.3 is 0 Å². The first-order valence-electron chi connectivity index (χ1n) is 4.74. The highest BCUT2D eigenvalue weighted by atomic mass is 16.5. The number of ether oxygens (including phenoxy) is 2. The Kier molecular flexibility index (Phi) is 2.43. The maximum absolute atomic E-state index is 5.63. The van der Waals surface area contributed by atoms with Gasteiger partial charge in [-0.3, -0.25) is 0 Å². The molecule has 0 radical (unpaired) electrons. The van der Waals surface area contributed by atoms with Crippen molar-refractivity contribution < 1.29 is 9.47 Å². The molecule has 0 unspecified atom stereocenters. The lowest BCUT2D eigenvalue weighted by atomic mass is 9.92. The SMILES string of the molecule is BCC1COc2ccccc2OC1. The molecule has 0 saturated carbocycles. The van der Waals surface area contributed by atoms with Crippen molar-refractivity contribution in [2.45, 2.75) is 6.32 Å². The zero-order chi connectivity index (χ0) is 9.10. The third-order valence-electron chi connectivity index (χ3n) is 2.38. The van der Waals surface area contributed by atoms with Crippen molar-refractivity contribution in [1.29, 1.82) is 0 Å². The predicted octanol–water partition coefficient (Wildman–Crippen LogP) is 1.13. The summed E-state index contributed by atoms with van der Waals surface area (Å²) in [6.45, 7) is 1.54. The van der Waals surface area contributed by atoms with Crippen LogP contribution in [0.15, 0.2) is 24.3 Å². The van der Waals surface area contributed by atoms with Gasteiger partial charge in [0.25, 0.3) is 0 Å². The van der Waals surface area contributed by atoms with Gasteiger partial charge in [-0.1, -0.05) is 18.5 Å². The van der Waals surface area contributed by atoms with Crippen molar-refractivity contribution in [3.8, 4) is 11.5 Å². The average Bonchev–Trinajstić information content (AvgIpc) is 2.39. The van der Waals surface area contributed by atoms with Crippen LogP contribution in [0.3, 0.4) is 0 Å². The van der Waals surface area contributed by atoms with Crippen LogP contribution in [0.5, 0.6) is 11.5 Å². The molecular weight excluding hydrogens is 163 g/mol. The van der Waals surface area contributed by atoms with Crippen LogP contribution in [0.1, 0.15) is 0 Å². The fourth-order valence-electron chi connectivity index (χ4n) is 1.39. The van der Waals surface area contributed by atoms with Gasteiger partial charge in [-0.25, -0.2) is 0 Å². The number of fused-ring (bicyclic) bond motifs is 1. The van der Waals surface area contributed by atoms with E-state index in [1.807, 2.05) is 24.3 Å². The standard InChI is InChI=1S/C10H13BO2/c11-5-8-6-12-9-3-1-2-4-10(9)13-7-8/h1-4,8H,5-7,11H2. The largest absolute Gasteiger partial charge is 0.489 e. The van der Waals surface area contributed by atoms with E-state index in [4.69, 9.17) is 9.47 Å². The Bertz CT molecular complexity index is 261. The summed E-state index contributed by atoms with van der Waals surface area (Å²) >= 11 is 0. The van der Waals surface area contributed by atoms with Crippen LogP contribution in [0.2, 0.25) is 6.32 Å². The van der Waals surface area contributed by atoms with Crippen LogP contribution in [0, 0.1) is 5.92 Å². The van der Waals surface area contributed by atoms with Crippen LogP contribution in [0.25, 0.3) is 0 Å². The first-order valence-corrected chi connectivity index (χ1v) is 4.74. The smallest absolute Gasteiger partial charge is 0.161 e. The molecule has 0 bridgehead atoms. The summed E-state index contributed by atoms with van der Waals surface area (Å²) in [6, 6.07) is 7.84. The zero-order valence-electron chi connectivity index (χ0n) is 7.82. The normalized spacial score (nSPS) is 16.6. The molecule has 2 nitrogen and oxygen atoms in total. The molecule has 0 atom stereocenters. The number of rotatable bonds is 1. The van der Waals surface area contributed by atoms with Gasteiger partial charge in [-0.15, -0.1) is 0 Å². The second-order valence-electron chi connectivity index (χ2n) is 3.34. The summed E-state index contributed by atoms with van der Waals surface area (Å²) < 4.78 is 11.3. The minimum absolute atomic E-state index is 0.521. The van der Waals surface area contributed by atoms with E-state index in [-0.39, 0.29) is 0 Å². The molecule has 1 aliphatic rings. The van der Waals surface area contributed by atoms with Crippen LogP contribution >= 0.6 is 0 Å². The molecule has 68 valence electrons. The molecule has 1 aliphatic heterocycles. The topological polar surface area (TPSA) is 18.5 Å². The second-order valence-corrected chi connectivity index (χ2v) is 3.34. The molecule has 0 aromatic heterocycles. The Labute approximate surface area is 79.3 Å². The quantitative estimate of drug-likeness (QED) is 0.597. The van der Waals surface area contributed by atoms with Crippen molar-refractivity contribution >= 4 is 7.85 Å². The van der Waals surface area contributed by atoms with Crippen molar-refractivity contribution in [2.75, 3.05) is 13.2 Å². The van der Waals surface area contributed by atoms with Crippen LogP contribution < -0.4 is 9.47 Å². The number of hydrogen-bond donors (Lipinski definition) is 0. The lowest BCUT2D eigenvalue weighted by molar-refractivity contribution is 0.228. The molecule has 0 spiro atoms. The van der Waals surface area contributed by atoms with Crippen molar-refractivity contribution in [1.82, 2.24) is 0 Å². The third kappa shape index (κ3) is 1.79. The summed E-state index contributed by atoms with van der Waals surface area (Å²) in [5.41, 5.74) is 0. The Morgan fingerprint density at radius 1 is 1.15 bits per heavy atom. The van der Waals surface area contributed by atoms with Gasteiger partial charge in [0.05, 0.1) is 13.2 Å². The molecule has 0 N–H and O–H groups in total. The van der Waals surface area contributed by atoms with E-state index in [1.54, 1.807) is 0 Å². The average molecular weight is 176 g/mol. The van der Waals surface area contributed by atoms with Gasteiger partial charge in [0.15, 0.2) is 11.5 Å². The summed E-state index contributed by atoms with van der Waals surface area (Å²) in [5, 5.41) is 0. The Hall–Kier alpha value is -1.12. The Morgan fingerprint density at radius 2 is 1.69 bits per heavy atom. The number of benzene rings is 1. The van der Waals surface area contributed by atoms with Gasteiger partial charge in [0.2, 0.25) is 0 Å². The molecule has 13 heavy (non-hydrogen) atoms. The second kappa shape index (κ2) is 3.73. The number of para-hydroxylation sites is 2. The molecule has 2 rings (SSSR count). The minimum atomic E-state index is 0.521. The van der Waals surface area contributed by atoms with E-state index in [2.05, 4.69) is 7.85 Å². The van der Waals surface area contributed by atoms with E-state index in [1.165, 1.54) is 0 Å². The monoisotopic (exact) mass is 176 g/mol. The molecule has 1 heterocycles. The van der Waals surface area contributed by atoms with Crippen LogP contribution in [-0.2, 0) is 0 Å². The highest BCUT2D eigenvalue weighted by Crippen LogP contribution is 2.29. The van der Waals surface area contributed by atoms with E-state index in [9.17, 15) is 0 Å². The summed E-state index contributed by atoms with van der Waals surface area (Å²) in [5.74, 6) is 2.27. The molecule has 0 fully saturated rings. The molecule has 0 aliphatic carbocycles. The maximum atomic E-state index is 5.63. The number of hydrogen-bond acceptors (Lipinski definition) is 2. The highest BCUT2D eigenvalue weighted by molar-refractivity contribution is 6.08. The summed E-state index contributed by atoms with van der Waals surface area (Å²) in [6.07, 6.45) is 1.11. The minimum Gasteiger partial charge on any atom is -0.489 e. The maximum Gasteiger partial charge on any atom is 0.161 e. The summed E-state index contributed by atoms with van der Waals surface area (Å²) in [4.78, 5) is 0. The van der Waals surface area contributed by atoms with Crippen LogP contribution in [0.4, 0.5) is 0 Å². The van der Waals surface area contributed by atoms with Crippen molar-refractivity contribution in [3.63, 3.8) is 0 Å². The van der Waals surface area contributed by atoms with Crippen molar-refractivity contribution in [2.24, 2.45) is 5.92 Å². The van der Waals surface area contributed by atoms with E-state index in [0.29, 0.717) is 5.92 Å². The molecule has 0 saturated heterocycles. The van der Waals surface area contributed by atoms with Gasteiger partial charge in [0, 0.05) is 5.92 Å². The molecule has 0 amide bonds. The predicted molar refractivity (Wildman–Crippen MR) is 54.3 cm³/mol. The fraction of sp³-hybridized carbons (Fsp3) is 0.400. The first-order chi connectivity index (χ1) is 6.40. The van der Waals surface area contributed by atoms with E-state index in [0.717, 1.165) is 31.0 Å². The van der Waals surface area contributed by atoms with Gasteiger partial charge < -0.3 is 9.47 Å². The van der Waals surface area contributed by atoms with Crippen molar-refractivity contribution in [3.05, 3.63) is 24.3 Å². The summed E-state index contributed by atoms with van der Waals surface area (Å²) in [7, 11) is 2.16. The third-order valence-corrected chi connectivity index (χ3v) is 2.38. The van der Waals surface area contributed by atoms with Crippen LogP contribution in [-0.4, -0.2) is 21.1 Å². The molecule has 1 aromatic carbocycles. The molecular formula is C10H13BO2. The lowest BCUT2D eigenvalue weighted by Crippen LogP contribution is -2.15. The van der Waals surface area contributed by atoms with Gasteiger partial charge in [-0.2, -0.15) is 0 Å². The van der Waals surface area contributed by atoms with E-state index >= 15 is 0 Å².